The predicted octanol–water partition coefficient (Wildman–Crippen LogP) is 2.58. The van der Waals surface area contributed by atoms with Crippen molar-refractivity contribution in [2.45, 2.75) is 18.9 Å². The SMILES string of the molecule is Cn1cc(CCNC(=O)C2CC(c3ccc(Cl)cc3Cl)=NO2)cn1. The summed E-state index contributed by atoms with van der Waals surface area (Å²) >= 11 is 12.0. The van der Waals surface area contributed by atoms with Crippen molar-refractivity contribution in [3.8, 4) is 0 Å². The summed E-state index contributed by atoms with van der Waals surface area (Å²) < 4.78 is 1.73. The molecule has 1 aliphatic rings. The lowest BCUT2D eigenvalue weighted by atomic mass is 10.0. The van der Waals surface area contributed by atoms with E-state index in [9.17, 15) is 4.79 Å². The number of hydrogen-bond donors (Lipinski definition) is 1. The summed E-state index contributed by atoms with van der Waals surface area (Å²) in [7, 11) is 1.86. The molecule has 1 atom stereocenters. The number of nitrogens with zero attached hydrogens (tertiary/aromatic N) is 3. The van der Waals surface area contributed by atoms with Gasteiger partial charge in [-0.15, -0.1) is 0 Å². The number of aromatic nitrogens is 2. The first kappa shape index (κ1) is 16.8. The summed E-state index contributed by atoms with van der Waals surface area (Å²) in [5, 5.41) is 12.0. The van der Waals surface area contributed by atoms with Crippen LogP contribution in [-0.4, -0.2) is 34.0 Å². The Morgan fingerprint density at radius 2 is 2.29 bits per heavy atom. The van der Waals surface area contributed by atoms with Gasteiger partial charge in [0.05, 0.1) is 16.9 Å². The molecule has 1 N–H and O–H groups in total. The Hall–Kier alpha value is -2.05. The molecule has 0 saturated heterocycles. The molecular formula is C16H16Cl2N4O2. The zero-order chi connectivity index (χ0) is 17.1. The third-order valence-electron chi connectivity index (χ3n) is 3.67. The number of halogens is 2. The van der Waals surface area contributed by atoms with Gasteiger partial charge in [-0.2, -0.15) is 5.10 Å². The van der Waals surface area contributed by atoms with Gasteiger partial charge in [-0.3, -0.25) is 9.48 Å². The van der Waals surface area contributed by atoms with E-state index in [1.807, 2.05) is 13.2 Å². The van der Waals surface area contributed by atoms with Crippen LogP contribution in [0.3, 0.4) is 0 Å². The van der Waals surface area contributed by atoms with Crippen molar-refractivity contribution in [2.24, 2.45) is 12.2 Å². The average Bonchev–Trinajstić information content (AvgIpc) is 3.16. The van der Waals surface area contributed by atoms with Crippen LogP contribution >= 0.6 is 23.2 Å². The topological polar surface area (TPSA) is 68.5 Å². The van der Waals surface area contributed by atoms with Gasteiger partial charge in [0.15, 0.2) is 0 Å². The van der Waals surface area contributed by atoms with Crippen LogP contribution in [0.4, 0.5) is 0 Å². The van der Waals surface area contributed by atoms with Crippen molar-refractivity contribution >= 4 is 34.8 Å². The highest BCUT2D eigenvalue weighted by molar-refractivity contribution is 6.37. The molecule has 0 aliphatic carbocycles. The van der Waals surface area contributed by atoms with Gasteiger partial charge >= 0.3 is 0 Å². The molecule has 8 heteroatoms. The highest BCUT2D eigenvalue weighted by atomic mass is 35.5. The van der Waals surface area contributed by atoms with Crippen LogP contribution in [0, 0.1) is 0 Å². The van der Waals surface area contributed by atoms with Gasteiger partial charge in [-0.1, -0.05) is 34.4 Å². The number of oxime groups is 1. The van der Waals surface area contributed by atoms with Gasteiger partial charge in [-0.25, -0.2) is 0 Å². The van der Waals surface area contributed by atoms with Crippen molar-refractivity contribution in [1.29, 1.82) is 0 Å². The van der Waals surface area contributed by atoms with E-state index in [4.69, 9.17) is 28.0 Å². The molecule has 24 heavy (non-hydrogen) atoms. The monoisotopic (exact) mass is 366 g/mol. The minimum Gasteiger partial charge on any atom is -0.382 e. The largest absolute Gasteiger partial charge is 0.382 e. The summed E-state index contributed by atoms with van der Waals surface area (Å²) in [6, 6.07) is 5.14. The molecule has 0 spiro atoms. The van der Waals surface area contributed by atoms with E-state index in [2.05, 4.69) is 15.6 Å². The predicted molar refractivity (Wildman–Crippen MR) is 92.4 cm³/mol. The maximum atomic E-state index is 12.2. The number of aryl methyl sites for hydroxylation is 1. The summed E-state index contributed by atoms with van der Waals surface area (Å²) in [6.07, 6.45) is 4.15. The van der Waals surface area contributed by atoms with Gasteiger partial charge in [0.1, 0.15) is 0 Å². The number of benzene rings is 1. The zero-order valence-electron chi connectivity index (χ0n) is 13.0. The molecule has 1 amide bonds. The first-order valence-electron chi connectivity index (χ1n) is 7.46. The molecule has 3 rings (SSSR count). The molecule has 0 saturated carbocycles. The lowest BCUT2D eigenvalue weighted by molar-refractivity contribution is -0.131. The molecular weight excluding hydrogens is 351 g/mol. The number of amides is 1. The fourth-order valence-electron chi connectivity index (χ4n) is 2.45. The molecule has 1 aromatic carbocycles. The van der Waals surface area contributed by atoms with Crippen LogP contribution < -0.4 is 5.32 Å². The summed E-state index contributed by atoms with van der Waals surface area (Å²) in [4.78, 5) is 17.4. The van der Waals surface area contributed by atoms with Crippen LogP contribution in [0.25, 0.3) is 0 Å². The van der Waals surface area contributed by atoms with Crippen molar-refractivity contribution in [1.82, 2.24) is 15.1 Å². The van der Waals surface area contributed by atoms with Crippen molar-refractivity contribution in [3.05, 3.63) is 51.8 Å². The zero-order valence-corrected chi connectivity index (χ0v) is 14.5. The normalized spacial score (nSPS) is 16.6. The molecule has 6 nitrogen and oxygen atoms in total. The van der Waals surface area contributed by atoms with E-state index in [1.54, 1.807) is 29.1 Å². The van der Waals surface area contributed by atoms with E-state index < -0.39 is 6.10 Å². The maximum Gasteiger partial charge on any atom is 0.264 e. The summed E-state index contributed by atoms with van der Waals surface area (Å²) in [6.45, 7) is 0.515. The standard InChI is InChI=1S/C16H16Cl2N4O2/c1-22-9-10(8-20-22)4-5-19-16(23)15-7-14(21-24-15)12-3-2-11(17)6-13(12)18/h2-3,6,8-9,15H,4-5,7H2,1H3,(H,19,23). The maximum absolute atomic E-state index is 12.2. The number of carbonyl (C=O) groups excluding carboxylic acids is 1. The van der Waals surface area contributed by atoms with E-state index in [0.29, 0.717) is 35.1 Å². The van der Waals surface area contributed by atoms with Crippen molar-refractivity contribution < 1.29 is 9.63 Å². The van der Waals surface area contributed by atoms with Crippen LogP contribution in [0.2, 0.25) is 10.0 Å². The third kappa shape index (κ3) is 3.88. The third-order valence-corrected chi connectivity index (χ3v) is 4.22. The number of hydrogen-bond acceptors (Lipinski definition) is 4. The van der Waals surface area contributed by atoms with Crippen molar-refractivity contribution in [3.63, 3.8) is 0 Å². The van der Waals surface area contributed by atoms with Crippen LogP contribution in [0.5, 0.6) is 0 Å². The molecule has 2 heterocycles. The molecule has 2 aromatic rings. The lowest BCUT2D eigenvalue weighted by Gasteiger charge is -2.09. The van der Waals surface area contributed by atoms with Crippen LogP contribution in [0.1, 0.15) is 17.5 Å². The van der Waals surface area contributed by atoms with Gasteiger partial charge in [0.25, 0.3) is 5.91 Å². The quantitative estimate of drug-likeness (QED) is 0.883. The van der Waals surface area contributed by atoms with Gasteiger partial charge < -0.3 is 10.2 Å². The highest BCUT2D eigenvalue weighted by Gasteiger charge is 2.29. The molecule has 0 bridgehead atoms. The smallest absolute Gasteiger partial charge is 0.264 e. The van der Waals surface area contributed by atoms with E-state index in [1.165, 1.54) is 0 Å². The number of rotatable bonds is 5. The Morgan fingerprint density at radius 3 is 3.00 bits per heavy atom. The summed E-state index contributed by atoms with van der Waals surface area (Å²) in [5.41, 5.74) is 2.44. The Labute approximate surface area is 149 Å². The second kappa shape index (κ2) is 7.23. The first-order chi connectivity index (χ1) is 11.5. The Morgan fingerprint density at radius 1 is 1.46 bits per heavy atom. The van der Waals surface area contributed by atoms with Crippen LogP contribution in [0.15, 0.2) is 35.7 Å². The van der Waals surface area contributed by atoms with E-state index in [-0.39, 0.29) is 5.91 Å². The van der Waals surface area contributed by atoms with E-state index >= 15 is 0 Å². The fraction of sp³-hybridized carbons (Fsp3) is 0.312. The Balaban J connectivity index is 1.51. The molecule has 1 unspecified atom stereocenters. The molecule has 0 fully saturated rings. The fourth-order valence-corrected chi connectivity index (χ4v) is 2.96. The first-order valence-corrected chi connectivity index (χ1v) is 8.22. The second-order valence-electron chi connectivity index (χ2n) is 5.52. The average molecular weight is 367 g/mol. The summed E-state index contributed by atoms with van der Waals surface area (Å²) in [5.74, 6) is -0.192. The molecule has 0 radical (unpaired) electrons. The molecule has 1 aliphatic heterocycles. The van der Waals surface area contributed by atoms with E-state index in [0.717, 1.165) is 11.1 Å². The Bertz CT molecular complexity index is 788. The minimum atomic E-state index is -0.638. The molecule has 1 aromatic heterocycles. The second-order valence-corrected chi connectivity index (χ2v) is 6.37. The lowest BCUT2D eigenvalue weighted by Crippen LogP contribution is -2.36. The highest BCUT2D eigenvalue weighted by Crippen LogP contribution is 2.26. The number of carbonyl (C=O) groups is 1. The van der Waals surface area contributed by atoms with Gasteiger partial charge in [0, 0.05) is 36.8 Å². The minimum absolute atomic E-state index is 0.192. The van der Waals surface area contributed by atoms with Crippen LogP contribution in [-0.2, 0) is 23.1 Å². The Kier molecular flexibility index (Phi) is 5.06. The molecule has 126 valence electrons. The van der Waals surface area contributed by atoms with Crippen molar-refractivity contribution in [2.75, 3.05) is 6.54 Å². The van der Waals surface area contributed by atoms with Gasteiger partial charge in [0.2, 0.25) is 6.10 Å². The van der Waals surface area contributed by atoms with Gasteiger partial charge in [-0.05, 0) is 24.1 Å². The number of nitrogens with one attached hydrogen (secondary N) is 1.